The number of hydrogen-bond acceptors (Lipinski definition) is 1. The quantitative estimate of drug-likeness (QED) is 0.405. The Kier molecular flexibility index (Phi) is 2.61. The maximum atomic E-state index is 8.30. The summed E-state index contributed by atoms with van der Waals surface area (Å²) in [6.07, 6.45) is 1.28. The lowest BCUT2D eigenvalue weighted by Gasteiger charge is -1.93. The summed E-state index contributed by atoms with van der Waals surface area (Å²) in [7, 11) is 0. The van der Waals surface area contributed by atoms with Crippen LogP contribution in [0.3, 0.4) is 0 Å². The second-order valence-electron chi connectivity index (χ2n) is 0.887. The minimum Gasteiger partial charge on any atom is -0.328 e. The lowest BCUT2D eigenvalue weighted by atomic mass is 10.9. The van der Waals surface area contributed by atoms with Crippen LogP contribution in [0.1, 0.15) is 6.92 Å². The summed E-state index contributed by atoms with van der Waals surface area (Å²) in [6, 6.07) is 0. The Bertz CT molecular complexity index is 117. The molecule has 7 heavy (non-hydrogen) atoms. The molecule has 0 bridgehead atoms. The van der Waals surface area contributed by atoms with E-state index in [0.29, 0.717) is 0 Å². The van der Waals surface area contributed by atoms with Gasteiger partial charge >= 0.3 is 6.64 Å². The SMILES string of the molecule is CC=NP(O)(O)=S. The van der Waals surface area contributed by atoms with E-state index in [1.165, 1.54) is 6.21 Å². The third kappa shape index (κ3) is 6.24. The van der Waals surface area contributed by atoms with Crippen LogP contribution in [-0.2, 0) is 11.8 Å². The van der Waals surface area contributed by atoms with Crippen LogP contribution >= 0.6 is 6.64 Å². The van der Waals surface area contributed by atoms with Crippen molar-refractivity contribution in [1.29, 1.82) is 0 Å². The molecule has 0 amide bonds. The summed E-state index contributed by atoms with van der Waals surface area (Å²) < 4.78 is 3.17. The third-order valence-corrected chi connectivity index (χ3v) is 1.08. The summed E-state index contributed by atoms with van der Waals surface area (Å²) in [5, 5.41) is 0. The van der Waals surface area contributed by atoms with Gasteiger partial charge in [0.1, 0.15) is 0 Å². The number of rotatable bonds is 1. The second-order valence-corrected chi connectivity index (χ2v) is 3.61. The lowest BCUT2D eigenvalue weighted by molar-refractivity contribution is 0.481. The normalized spacial score (nSPS) is 13.0. The van der Waals surface area contributed by atoms with Crippen LogP contribution in [-0.4, -0.2) is 16.0 Å². The first-order valence-electron chi connectivity index (χ1n) is 1.62. The first-order valence-corrected chi connectivity index (χ1v) is 4.28. The molecule has 0 fully saturated rings. The highest BCUT2D eigenvalue weighted by Crippen LogP contribution is 2.35. The van der Waals surface area contributed by atoms with Gasteiger partial charge in [-0.2, -0.15) is 0 Å². The topological polar surface area (TPSA) is 52.8 Å². The smallest absolute Gasteiger partial charge is 0.303 e. The van der Waals surface area contributed by atoms with E-state index in [9.17, 15) is 0 Å². The predicted molar refractivity (Wildman–Crippen MR) is 32.9 cm³/mol. The average molecular weight is 139 g/mol. The van der Waals surface area contributed by atoms with Crippen molar-refractivity contribution >= 4 is 24.7 Å². The Labute approximate surface area is 46.9 Å². The van der Waals surface area contributed by atoms with Crippen LogP contribution in [0.5, 0.6) is 0 Å². The highest BCUT2D eigenvalue weighted by Gasteiger charge is 1.97. The van der Waals surface area contributed by atoms with Gasteiger partial charge < -0.3 is 9.79 Å². The Morgan fingerprint density at radius 3 is 2.14 bits per heavy atom. The van der Waals surface area contributed by atoms with Gasteiger partial charge in [-0.3, -0.25) is 0 Å². The van der Waals surface area contributed by atoms with Crippen LogP contribution in [0, 0.1) is 0 Å². The molecule has 0 aromatic rings. The summed E-state index contributed by atoms with van der Waals surface area (Å²) >= 11 is 4.11. The van der Waals surface area contributed by atoms with E-state index in [2.05, 4.69) is 16.6 Å². The van der Waals surface area contributed by atoms with E-state index >= 15 is 0 Å². The van der Waals surface area contributed by atoms with Crippen molar-refractivity contribution in [2.75, 3.05) is 0 Å². The van der Waals surface area contributed by atoms with Gasteiger partial charge in [0.25, 0.3) is 0 Å². The molecule has 0 aromatic heterocycles. The van der Waals surface area contributed by atoms with Crippen molar-refractivity contribution in [3.05, 3.63) is 0 Å². The van der Waals surface area contributed by atoms with Gasteiger partial charge in [-0.05, 0) is 18.7 Å². The van der Waals surface area contributed by atoms with Crippen LogP contribution in [0.25, 0.3) is 0 Å². The van der Waals surface area contributed by atoms with Gasteiger partial charge in [0, 0.05) is 6.21 Å². The Morgan fingerprint density at radius 2 is 2.14 bits per heavy atom. The highest BCUT2D eigenvalue weighted by atomic mass is 32.5. The van der Waals surface area contributed by atoms with E-state index in [1.54, 1.807) is 6.92 Å². The van der Waals surface area contributed by atoms with Crippen molar-refractivity contribution in [2.24, 2.45) is 4.76 Å². The molecule has 3 nitrogen and oxygen atoms in total. The van der Waals surface area contributed by atoms with Crippen LogP contribution in [0.2, 0.25) is 0 Å². The van der Waals surface area contributed by atoms with Crippen molar-refractivity contribution in [2.45, 2.75) is 6.92 Å². The standard InChI is InChI=1S/C2H6NO2PS/c1-2-3-6(4,5)7/h2H,1H3,(H2,4,5,7). The van der Waals surface area contributed by atoms with Gasteiger partial charge in [0.2, 0.25) is 0 Å². The molecule has 0 aromatic carbocycles. The molecule has 0 rings (SSSR count). The predicted octanol–water partition coefficient (Wildman–Crippen LogP) is 0.286. The van der Waals surface area contributed by atoms with Crippen LogP contribution < -0.4 is 0 Å². The minimum absolute atomic E-state index is 1.28. The highest BCUT2D eigenvalue weighted by molar-refractivity contribution is 8.08. The maximum absolute atomic E-state index is 8.30. The zero-order chi connectivity index (χ0) is 5.91. The lowest BCUT2D eigenvalue weighted by Crippen LogP contribution is -1.67. The Hall–Kier alpha value is 0.240. The fourth-order valence-corrected chi connectivity index (χ4v) is 0.734. The van der Waals surface area contributed by atoms with Gasteiger partial charge in [-0.25, -0.2) is 4.76 Å². The fourth-order valence-electron chi connectivity index (χ4n) is 0.150. The molecule has 0 unspecified atom stereocenters. The van der Waals surface area contributed by atoms with Crippen LogP contribution in [0.4, 0.5) is 0 Å². The van der Waals surface area contributed by atoms with E-state index in [4.69, 9.17) is 9.79 Å². The summed E-state index contributed by atoms with van der Waals surface area (Å²) in [6.45, 7) is -1.69. The number of hydrogen-bond donors (Lipinski definition) is 2. The van der Waals surface area contributed by atoms with Crippen molar-refractivity contribution in [3.8, 4) is 0 Å². The zero-order valence-electron chi connectivity index (χ0n) is 3.77. The molecule has 0 heterocycles. The molecular weight excluding hydrogens is 133 g/mol. The number of nitrogens with zero attached hydrogens (tertiary/aromatic N) is 1. The van der Waals surface area contributed by atoms with Crippen molar-refractivity contribution < 1.29 is 9.79 Å². The Balaban J connectivity index is 3.82. The molecule has 0 saturated carbocycles. The average Bonchev–Trinajstić information content (AvgIpc) is 1.30. The first kappa shape index (κ1) is 7.24. The molecule has 0 atom stereocenters. The summed E-state index contributed by atoms with van der Waals surface area (Å²) in [4.78, 5) is 16.6. The van der Waals surface area contributed by atoms with Gasteiger partial charge in [0.05, 0.1) is 0 Å². The molecule has 2 N–H and O–H groups in total. The molecule has 5 heteroatoms. The molecule has 0 aliphatic heterocycles. The minimum atomic E-state index is -3.26. The molecule has 0 aliphatic rings. The molecule has 0 radical (unpaired) electrons. The molecule has 0 saturated heterocycles. The van der Waals surface area contributed by atoms with Crippen molar-refractivity contribution in [3.63, 3.8) is 0 Å². The van der Waals surface area contributed by atoms with E-state index in [-0.39, 0.29) is 0 Å². The maximum Gasteiger partial charge on any atom is 0.303 e. The molecule has 42 valence electrons. The monoisotopic (exact) mass is 139 g/mol. The molecular formula is C2H6NO2PS. The van der Waals surface area contributed by atoms with Crippen LogP contribution in [0.15, 0.2) is 4.76 Å². The third-order valence-electron chi connectivity index (χ3n) is 0.266. The van der Waals surface area contributed by atoms with E-state index < -0.39 is 6.64 Å². The van der Waals surface area contributed by atoms with Gasteiger partial charge in [0.15, 0.2) is 0 Å². The first-order chi connectivity index (χ1) is 3.06. The van der Waals surface area contributed by atoms with Gasteiger partial charge in [-0.1, -0.05) is 0 Å². The molecule has 0 spiro atoms. The van der Waals surface area contributed by atoms with Crippen molar-refractivity contribution in [1.82, 2.24) is 0 Å². The van der Waals surface area contributed by atoms with Gasteiger partial charge in [-0.15, -0.1) is 0 Å². The largest absolute Gasteiger partial charge is 0.328 e. The Morgan fingerprint density at radius 1 is 1.71 bits per heavy atom. The summed E-state index contributed by atoms with van der Waals surface area (Å²) in [5.41, 5.74) is 0. The van der Waals surface area contributed by atoms with E-state index in [0.717, 1.165) is 0 Å². The zero-order valence-corrected chi connectivity index (χ0v) is 5.49. The summed E-state index contributed by atoms with van der Waals surface area (Å²) in [5.74, 6) is 0. The fraction of sp³-hybridized carbons (Fsp3) is 0.500. The van der Waals surface area contributed by atoms with E-state index in [1.807, 2.05) is 0 Å². The molecule has 0 aliphatic carbocycles. The second kappa shape index (κ2) is 2.52.